The monoisotopic (exact) mass is 300 g/mol. The number of unbranched alkanes of at least 4 members (excludes halogenated alkanes) is 10. The first kappa shape index (κ1) is 20.1. The van der Waals surface area contributed by atoms with Crippen molar-refractivity contribution in [3.05, 3.63) is 12.2 Å². The number of aliphatic carboxylic acids is 1. The van der Waals surface area contributed by atoms with Crippen molar-refractivity contribution in [2.45, 2.75) is 96.6 Å². The summed E-state index contributed by atoms with van der Waals surface area (Å²) in [6, 6.07) is 0. The zero-order valence-corrected chi connectivity index (χ0v) is 13.7. The lowest BCUT2D eigenvalue weighted by Gasteiger charge is -2.02. The highest BCUT2D eigenvalue weighted by Gasteiger charge is 2.13. The molecule has 1 unspecified atom stereocenters. The summed E-state index contributed by atoms with van der Waals surface area (Å²) in [4.78, 5) is 10.3. The molecule has 3 heteroatoms. The van der Waals surface area contributed by atoms with E-state index in [0.717, 1.165) is 25.7 Å². The first-order valence-corrected chi connectivity index (χ1v) is 8.70. The molecule has 0 saturated carbocycles. The van der Waals surface area contributed by atoms with Crippen molar-refractivity contribution in [3.63, 3.8) is 0 Å². The molecule has 0 aliphatic heterocycles. The molecule has 21 heavy (non-hydrogen) atoms. The predicted octanol–water partition coefficient (Wildman–Crippen LogP) is 6.06. The molecule has 0 aromatic heterocycles. The van der Waals surface area contributed by atoms with Crippen LogP contribution in [0.25, 0.3) is 0 Å². The molecule has 1 N–H and O–H groups in total. The third-order valence-corrected chi connectivity index (χ3v) is 3.74. The molecule has 0 bridgehead atoms. The molecule has 0 rings (SSSR count). The highest BCUT2D eigenvalue weighted by atomic mass is 19.1. The maximum Gasteiger partial charge on any atom is 0.338 e. The minimum absolute atomic E-state index is 0.156. The molecule has 0 amide bonds. The van der Waals surface area contributed by atoms with Crippen molar-refractivity contribution >= 4 is 5.97 Å². The average Bonchev–Trinajstić information content (AvgIpc) is 2.47. The van der Waals surface area contributed by atoms with Crippen LogP contribution in [0, 0.1) is 0 Å². The Morgan fingerprint density at radius 3 is 1.90 bits per heavy atom. The maximum atomic E-state index is 12.8. The van der Waals surface area contributed by atoms with Crippen LogP contribution in [0.2, 0.25) is 0 Å². The lowest BCUT2D eigenvalue weighted by Crippen LogP contribution is -2.13. The quantitative estimate of drug-likeness (QED) is 0.295. The third-order valence-electron chi connectivity index (χ3n) is 3.74. The number of allylic oxidation sites excluding steroid dienone is 2. The van der Waals surface area contributed by atoms with Crippen molar-refractivity contribution in [1.29, 1.82) is 0 Å². The minimum Gasteiger partial charge on any atom is -0.479 e. The second-order valence-electron chi connectivity index (χ2n) is 5.83. The molecule has 0 radical (unpaired) electrons. The molecule has 0 aliphatic rings. The van der Waals surface area contributed by atoms with Gasteiger partial charge in [0.1, 0.15) is 0 Å². The molecule has 0 fully saturated rings. The van der Waals surface area contributed by atoms with Gasteiger partial charge < -0.3 is 5.11 Å². The van der Waals surface area contributed by atoms with Gasteiger partial charge in [0.05, 0.1) is 0 Å². The van der Waals surface area contributed by atoms with Gasteiger partial charge in [0.25, 0.3) is 0 Å². The van der Waals surface area contributed by atoms with Crippen molar-refractivity contribution in [2.75, 3.05) is 0 Å². The van der Waals surface area contributed by atoms with E-state index in [2.05, 4.69) is 19.1 Å². The van der Waals surface area contributed by atoms with Gasteiger partial charge in [0, 0.05) is 0 Å². The zero-order chi connectivity index (χ0) is 15.8. The van der Waals surface area contributed by atoms with Crippen LogP contribution in [0.1, 0.15) is 90.4 Å². The zero-order valence-electron chi connectivity index (χ0n) is 13.7. The Labute approximate surface area is 129 Å². The van der Waals surface area contributed by atoms with Crippen molar-refractivity contribution in [2.24, 2.45) is 0 Å². The van der Waals surface area contributed by atoms with Crippen LogP contribution in [-0.4, -0.2) is 17.2 Å². The summed E-state index contributed by atoms with van der Waals surface area (Å²) in [7, 11) is 0. The standard InChI is InChI=1S/C18H33FO2/c1-2-3-4-5-6-7-8-9-10-11-12-13-14-15-16-17(19)18(20)21/h9-10,17H,2-8,11-16H2,1H3,(H,20,21)/b10-9-. The smallest absolute Gasteiger partial charge is 0.338 e. The third kappa shape index (κ3) is 15.3. The minimum atomic E-state index is -1.68. The summed E-state index contributed by atoms with van der Waals surface area (Å²) in [5.41, 5.74) is 0. The average molecular weight is 300 g/mol. The van der Waals surface area contributed by atoms with Crippen LogP contribution in [0.4, 0.5) is 4.39 Å². The molecule has 0 spiro atoms. The Morgan fingerprint density at radius 2 is 1.38 bits per heavy atom. The summed E-state index contributed by atoms with van der Waals surface area (Å²) in [6.07, 6.45) is 17.1. The molecule has 0 saturated heterocycles. The van der Waals surface area contributed by atoms with E-state index in [9.17, 15) is 9.18 Å². The van der Waals surface area contributed by atoms with E-state index in [4.69, 9.17) is 5.11 Å². The lowest BCUT2D eigenvalue weighted by molar-refractivity contribution is -0.143. The molecular weight excluding hydrogens is 267 g/mol. The number of rotatable bonds is 15. The molecule has 2 nitrogen and oxygen atoms in total. The second kappa shape index (κ2) is 15.5. The van der Waals surface area contributed by atoms with Crippen LogP contribution in [-0.2, 0) is 4.79 Å². The number of hydrogen-bond acceptors (Lipinski definition) is 1. The van der Waals surface area contributed by atoms with Gasteiger partial charge in [-0.3, -0.25) is 0 Å². The molecule has 124 valence electrons. The van der Waals surface area contributed by atoms with Gasteiger partial charge in [-0.25, -0.2) is 9.18 Å². The Balaban J connectivity index is 3.17. The Kier molecular flexibility index (Phi) is 14.9. The number of alkyl halides is 1. The summed E-state index contributed by atoms with van der Waals surface area (Å²) >= 11 is 0. The normalized spacial score (nSPS) is 12.9. The van der Waals surface area contributed by atoms with E-state index < -0.39 is 12.1 Å². The first-order chi connectivity index (χ1) is 10.2. The fourth-order valence-corrected chi connectivity index (χ4v) is 2.34. The summed E-state index contributed by atoms with van der Waals surface area (Å²) in [6.45, 7) is 2.24. The highest BCUT2D eigenvalue weighted by Crippen LogP contribution is 2.11. The van der Waals surface area contributed by atoms with Crippen molar-refractivity contribution in [1.82, 2.24) is 0 Å². The Hall–Kier alpha value is -0.860. The molecular formula is C18H33FO2. The summed E-state index contributed by atoms with van der Waals surface area (Å²) < 4.78 is 12.8. The van der Waals surface area contributed by atoms with Gasteiger partial charge in [-0.2, -0.15) is 0 Å². The Bertz CT molecular complexity index is 264. The second-order valence-corrected chi connectivity index (χ2v) is 5.83. The maximum absolute atomic E-state index is 12.8. The molecule has 0 aromatic carbocycles. The number of carboxylic acid groups (broad SMARTS) is 1. The predicted molar refractivity (Wildman–Crippen MR) is 87.4 cm³/mol. The lowest BCUT2D eigenvalue weighted by atomic mass is 10.1. The van der Waals surface area contributed by atoms with Gasteiger partial charge in [-0.1, -0.05) is 64.0 Å². The molecule has 1 atom stereocenters. The van der Waals surface area contributed by atoms with Gasteiger partial charge in [-0.15, -0.1) is 0 Å². The fraction of sp³-hybridized carbons (Fsp3) is 0.833. The fourth-order valence-electron chi connectivity index (χ4n) is 2.34. The van der Waals surface area contributed by atoms with Crippen LogP contribution in [0.5, 0.6) is 0 Å². The highest BCUT2D eigenvalue weighted by molar-refractivity contribution is 5.71. The Morgan fingerprint density at radius 1 is 0.905 bits per heavy atom. The largest absolute Gasteiger partial charge is 0.479 e. The van der Waals surface area contributed by atoms with E-state index in [0.29, 0.717) is 6.42 Å². The van der Waals surface area contributed by atoms with E-state index in [1.807, 2.05) is 0 Å². The SMILES string of the molecule is CCCCCCCC/C=C\CCCCCCC(F)C(=O)O. The molecule has 0 aliphatic carbocycles. The van der Waals surface area contributed by atoms with E-state index in [-0.39, 0.29) is 6.42 Å². The number of hydrogen-bond donors (Lipinski definition) is 1. The number of halogens is 1. The topological polar surface area (TPSA) is 37.3 Å². The van der Waals surface area contributed by atoms with Gasteiger partial charge in [0.15, 0.2) is 6.17 Å². The van der Waals surface area contributed by atoms with Crippen LogP contribution < -0.4 is 0 Å². The van der Waals surface area contributed by atoms with Crippen molar-refractivity contribution < 1.29 is 14.3 Å². The first-order valence-electron chi connectivity index (χ1n) is 8.70. The van der Waals surface area contributed by atoms with Gasteiger partial charge >= 0.3 is 5.97 Å². The van der Waals surface area contributed by atoms with Crippen molar-refractivity contribution in [3.8, 4) is 0 Å². The number of carboxylic acids is 1. The number of carbonyl (C=O) groups is 1. The van der Waals surface area contributed by atoms with Crippen LogP contribution in [0.15, 0.2) is 12.2 Å². The van der Waals surface area contributed by atoms with Crippen LogP contribution in [0.3, 0.4) is 0 Å². The van der Waals surface area contributed by atoms with Gasteiger partial charge in [0.2, 0.25) is 0 Å². The van der Waals surface area contributed by atoms with E-state index in [1.54, 1.807) is 0 Å². The molecule has 0 heterocycles. The van der Waals surface area contributed by atoms with E-state index in [1.165, 1.54) is 44.9 Å². The summed E-state index contributed by atoms with van der Waals surface area (Å²) in [5.74, 6) is -1.33. The van der Waals surface area contributed by atoms with E-state index >= 15 is 0 Å². The summed E-state index contributed by atoms with van der Waals surface area (Å²) in [5, 5.41) is 8.40. The van der Waals surface area contributed by atoms with Gasteiger partial charge in [-0.05, 0) is 38.5 Å². The van der Waals surface area contributed by atoms with Crippen LogP contribution >= 0.6 is 0 Å². The molecule has 0 aromatic rings.